The molecule has 172 valence electrons. The number of rotatable bonds is 15. The summed E-state index contributed by atoms with van der Waals surface area (Å²) in [5, 5.41) is 0. The van der Waals surface area contributed by atoms with Crippen molar-refractivity contribution in [1.29, 1.82) is 0 Å². The Morgan fingerprint density at radius 1 is 0.767 bits per heavy atom. The molecule has 1 aliphatic rings. The molecule has 1 aliphatic carbocycles. The monoisotopic (exact) mass is 420 g/mol. The summed E-state index contributed by atoms with van der Waals surface area (Å²) in [6.45, 7) is 1.39. The fourth-order valence-corrected chi connectivity index (χ4v) is 5.23. The molecule has 4 heteroatoms. The first-order valence-electron chi connectivity index (χ1n) is 11.8. The summed E-state index contributed by atoms with van der Waals surface area (Å²) in [5.41, 5.74) is 1.35. The van der Waals surface area contributed by atoms with Crippen LogP contribution in [-0.4, -0.2) is 53.9 Å². The summed E-state index contributed by atoms with van der Waals surface area (Å²) >= 11 is 0. The van der Waals surface area contributed by atoms with E-state index in [1.54, 1.807) is 14.2 Å². The second kappa shape index (κ2) is 15.0. The van der Waals surface area contributed by atoms with Crippen molar-refractivity contribution in [3.8, 4) is 0 Å². The average Bonchev–Trinajstić information content (AvgIpc) is 2.79. The number of methoxy groups -OCH3 is 4. The Balaban J connectivity index is 2.04. The molecule has 4 unspecified atom stereocenters. The van der Waals surface area contributed by atoms with Gasteiger partial charge in [-0.25, -0.2) is 0 Å². The van der Waals surface area contributed by atoms with Crippen LogP contribution < -0.4 is 0 Å². The number of hydrogen-bond donors (Lipinski definition) is 0. The summed E-state index contributed by atoms with van der Waals surface area (Å²) in [5.74, 6) is 1.48. The van der Waals surface area contributed by atoms with E-state index in [-0.39, 0.29) is 18.1 Å². The van der Waals surface area contributed by atoms with E-state index in [0.29, 0.717) is 19.1 Å². The Kier molecular flexibility index (Phi) is 12.6. The van der Waals surface area contributed by atoms with E-state index in [4.69, 9.17) is 18.9 Å². The van der Waals surface area contributed by atoms with Gasteiger partial charge in [-0.1, -0.05) is 68.9 Å². The fourth-order valence-electron chi connectivity index (χ4n) is 5.23. The third kappa shape index (κ3) is 8.30. The first-order chi connectivity index (χ1) is 14.7. The topological polar surface area (TPSA) is 36.9 Å². The molecule has 0 saturated heterocycles. The molecular weight excluding hydrogens is 376 g/mol. The Morgan fingerprint density at radius 2 is 1.33 bits per heavy atom. The first kappa shape index (κ1) is 25.3. The van der Waals surface area contributed by atoms with Crippen LogP contribution in [0.4, 0.5) is 0 Å². The number of ether oxygens (including phenoxy) is 4. The Labute approximate surface area is 184 Å². The molecule has 1 aromatic rings. The molecule has 1 saturated carbocycles. The van der Waals surface area contributed by atoms with E-state index in [0.717, 1.165) is 25.2 Å². The van der Waals surface area contributed by atoms with Gasteiger partial charge in [-0.3, -0.25) is 0 Å². The fraction of sp³-hybridized carbons (Fsp3) is 0.769. The van der Waals surface area contributed by atoms with E-state index in [1.807, 2.05) is 14.2 Å². The Morgan fingerprint density at radius 3 is 1.87 bits per heavy atom. The minimum atomic E-state index is -0.00910. The summed E-state index contributed by atoms with van der Waals surface area (Å²) in [6.07, 6.45) is 11.4. The molecule has 0 aromatic heterocycles. The lowest BCUT2D eigenvalue weighted by molar-refractivity contribution is -0.114. The van der Waals surface area contributed by atoms with Crippen LogP contribution in [0.2, 0.25) is 0 Å². The quantitative estimate of drug-likeness (QED) is 0.374. The lowest BCUT2D eigenvalue weighted by Gasteiger charge is -2.37. The molecular formula is C26H44O4. The van der Waals surface area contributed by atoms with E-state index in [1.165, 1.54) is 44.1 Å². The van der Waals surface area contributed by atoms with E-state index >= 15 is 0 Å². The van der Waals surface area contributed by atoms with E-state index in [9.17, 15) is 0 Å². The van der Waals surface area contributed by atoms with Crippen LogP contribution in [0.5, 0.6) is 0 Å². The zero-order valence-electron chi connectivity index (χ0n) is 19.7. The van der Waals surface area contributed by atoms with Crippen molar-refractivity contribution in [2.45, 2.75) is 70.0 Å². The molecule has 4 atom stereocenters. The normalized spacial score (nSPS) is 19.3. The van der Waals surface area contributed by atoms with Gasteiger partial charge < -0.3 is 18.9 Å². The van der Waals surface area contributed by atoms with Gasteiger partial charge in [0.05, 0.1) is 25.4 Å². The van der Waals surface area contributed by atoms with Crippen LogP contribution in [-0.2, 0) is 25.4 Å². The minimum Gasteiger partial charge on any atom is -0.384 e. The predicted molar refractivity (Wildman–Crippen MR) is 123 cm³/mol. The highest BCUT2D eigenvalue weighted by atomic mass is 16.5. The molecule has 0 radical (unpaired) electrons. The summed E-state index contributed by atoms with van der Waals surface area (Å²) in [6, 6.07) is 10.7. The molecule has 0 amide bonds. The van der Waals surface area contributed by atoms with E-state index in [2.05, 4.69) is 30.3 Å². The minimum absolute atomic E-state index is 0.00876. The standard InChI is InChI=1S/C26H44O4/c1-27-19-23(17-15-21-11-7-5-8-12-21)25(29-3)26(30-4)24(20-28-2)18-16-22-13-9-6-10-14-22/h5,7-8,11-12,22-26H,6,9-10,13-20H2,1-4H3. The second-order valence-corrected chi connectivity index (χ2v) is 8.94. The third-order valence-corrected chi connectivity index (χ3v) is 6.88. The highest BCUT2D eigenvalue weighted by Crippen LogP contribution is 2.32. The van der Waals surface area contributed by atoms with Gasteiger partial charge in [0.15, 0.2) is 0 Å². The molecule has 0 N–H and O–H groups in total. The molecule has 1 aromatic carbocycles. The van der Waals surface area contributed by atoms with Crippen LogP contribution in [0, 0.1) is 17.8 Å². The predicted octanol–water partition coefficient (Wildman–Crippen LogP) is 5.53. The van der Waals surface area contributed by atoms with Gasteiger partial charge in [0.25, 0.3) is 0 Å². The smallest absolute Gasteiger partial charge is 0.0886 e. The van der Waals surface area contributed by atoms with Gasteiger partial charge in [0.1, 0.15) is 0 Å². The molecule has 2 rings (SSSR count). The summed E-state index contributed by atoms with van der Waals surface area (Å²) in [7, 11) is 7.21. The van der Waals surface area contributed by atoms with Crippen molar-refractivity contribution in [1.82, 2.24) is 0 Å². The molecule has 0 heterocycles. The lowest BCUT2D eigenvalue weighted by Crippen LogP contribution is -2.44. The van der Waals surface area contributed by atoms with Gasteiger partial charge in [0.2, 0.25) is 0 Å². The summed E-state index contributed by atoms with van der Waals surface area (Å²) in [4.78, 5) is 0. The Hall–Kier alpha value is -0.940. The van der Waals surface area contributed by atoms with Crippen molar-refractivity contribution < 1.29 is 18.9 Å². The maximum absolute atomic E-state index is 6.08. The Bertz CT molecular complexity index is 529. The first-order valence-corrected chi connectivity index (χ1v) is 11.8. The lowest BCUT2D eigenvalue weighted by atomic mass is 9.80. The van der Waals surface area contributed by atoms with Gasteiger partial charge in [-0.2, -0.15) is 0 Å². The van der Waals surface area contributed by atoms with Crippen molar-refractivity contribution >= 4 is 0 Å². The maximum Gasteiger partial charge on any atom is 0.0886 e. The van der Waals surface area contributed by atoms with Crippen molar-refractivity contribution in [2.75, 3.05) is 41.7 Å². The molecule has 0 spiro atoms. The third-order valence-electron chi connectivity index (χ3n) is 6.88. The van der Waals surface area contributed by atoms with E-state index < -0.39 is 0 Å². The molecule has 0 aliphatic heterocycles. The zero-order chi connectivity index (χ0) is 21.6. The van der Waals surface area contributed by atoms with Gasteiger partial charge in [0, 0.05) is 40.3 Å². The van der Waals surface area contributed by atoms with Crippen molar-refractivity contribution in [3.63, 3.8) is 0 Å². The highest BCUT2D eigenvalue weighted by Gasteiger charge is 2.35. The average molecular weight is 421 g/mol. The van der Waals surface area contributed by atoms with Crippen LogP contribution in [0.15, 0.2) is 30.3 Å². The number of benzene rings is 1. The van der Waals surface area contributed by atoms with Gasteiger partial charge in [-0.15, -0.1) is 0 Å². The molecule has 30 heavy (non-hydrogen) atoms. The van der Waals surface area contributed by atoms with Crippen molar-refractivity contribution in [2.24, 2.45) is 17.8 Å². The SMILES string of the molecule is COCC(CCc1ccccc1)C(OC)C(OC)C(CCC1CCCCC1)COC. The van der Waals surface area contributed by atoms with Crippen LogP contribution in [0.25, 0.3) is 0 Å². The second-order valence-electron chi connectivity index (χ2n) is 8.94. The maximum atomic E-state index is 6.08. The molecule has 1 fully saturated rings. The zero-order valence-corrected chi connectivity index (χ0v) is 19.7. The van der Waals surface area contributed by atoms with Crippen LogP contribution in [0.1, 0.15) is 56.9 Å². The molecule has 4 nitrogen and oxygen atoms in total. The largest absolute Gasteiger partial charge is 0.384 e. The molecule has 0 bridgehead atoms. The van der Waals surface area contributed by atoms with Gasteiger partial charge >= 0.3 is 0 Å². The number of hydrogen-bond acceptors (Lipinski definition) is 4. The van der Waals surface area contributed by atoms with Crippen LogP contribution >= 0.6 is 0 Å². The van der Waals surface area contributed by atoms with Gasteiger partial charge in [-0.05, 0) is 30.7 Å². The van der Waals surface area contributed by atoms with Crippen LogP contribution in [0.3, 0.4) is 0 Å². The van der Waals surface area contributed by atoms with Crippen molar-refractivity contribution in [3.05, 3.63) is 35.9 Å². The summed E-state index contributed by atoms with van der Waals surface area (Å²) < 4.78 is 23.4. The number of aryl methyl sites for hydroxylation is 1. The highest BCUT2D eigenvalue weighted by molar-refractivity contribution is 5.14.